The Morgan fingerprint density at radius 3 is 2.35 bits per heavy atom. The largest absolute Gasteiger partial charge is 0.272 e. The van der Waals surface area contributed by atoms with Gasteiger partial charge in [0.15, 0.2) is 11.0 Å². The Hall–Kier alpha value is -3.76. The van der Waals surface area contributed by atoms with Gasteiger partial charge in [-0.15, -0.1) is 10.2 Å². The highest BCUT2D eigenvalue weighted by Crippen LogP contribution is 2.32. The van der Waals surface area contributed by atoms with Crippen LogP contribution >= 0.6 is 23.4 Å². The predicted molar refractivity (Wildman–Crippen MR) is 124 cm³/mol. The van der Waals surface area contributed by atoms with E-state index < -0.39 is 23.4 Å². The molecule has 0 saturated heterocycles. The molecule has 7 nitrogen and oxygen atoms in total. The van der Waals surface area contributed by atoms with E-state index in [0.717, 1.165) is 23.9 Å². The molecule has 4 rings (SSSR count). The van der Waals surface area contributed by atoms with Crippen LogP contribution in [-0.4, -0.2) is 32.3 Å². The highest BCUT2D eigenvalue weighted by Gasteiger charge is 2.21. The molecule has 1 aromatic heterocycles. The van der Waals surface area contributed by atoms with Gasteiger partial charge in [-0.1, -0.05) is 47.6 Å². The van der Waals surface area contributed by atoms with Crippen molar-refractivity contribution in [2.45, 2.75) is 5.16 Å². The van der Waals surface area contributed by atoms with Gasteiger partial charge in [-0.25, -0.2) is 8.78 Å². The minimum Gasteiger partial charge on any atom is -0.272 e. The number of rotatable bonds is 6. The maximum absolute atomic E-state index is 14.7. The van der Waals surface area contributed by atoms with Crippen molar-refractivity contribution in [3.63, 3.8) is 0 Å². The van der Waals surface area contributed by atoms with Crippen molar-refractivity contribution in [3.05, 3.63) is 95.0 Å². The van der Waals surface area contributed by atoms with Crippen LogP contribution in [0.1, 0.15) is 10.4 Å². The second-order valence-corrected chi connectivity index (χ2v) is 8.22. The first kappa shape index (κ1) is 23.4. The normalized spacial score (nSPS) is 10.7. The molecule has 3 aromatic carbocycles. The molecule has 2 N–H and O–H groups in total. The second kappa shape index (κ2) is 10.4. The van der Waals surface area contributed by atoms with E-state index in [1.165, 1.54) is 22.8 Å². The Morgan fingerprint density at radius 1 is 0.912 bits per heavy atom. The summed E-state index contributed by atoms with van der Waals surface area (Å²) in [6, 6.07) is 17.9. The van der Waals surface area contributed by atoms with Crippen LogP contribution in [0.15, 0.2) is 78.0 Å². The van der Waals surface area contributed by atoms with E-state index in [1.807, 2.05) is 0 Å². The second-order valence-electron chi connectivity index (χ2n) is 6.87. The molecule has 0 aliphatic carbocycles. The van der Waals surface area contributed by atoms with E-state index in [9.17, 15) is 18.4 Å². The van der Waals surface area contributed by atoms with Crippen molar-refractivity contribution in [1.29, 1.82) is 0 Å². The molecule has 0 spiro atoms. The Balaban J connectivity index is 1.51. The summed E-state index contributed by atoms with van der Waals surface area (Å²) in [5, 5.41) is 8.95. The SMILES string of the molecule is O=C(CSc1nnc(-c2ccccc2Cl)n1-c1ccccc1F)NNC(=O)c1ccc(F)cc1. The van der Waals surface area contributed by atoms with Gasteiger partial charge in [0.2, 0.25) is 5.91 Å². The minimum absolute atomic E-state index is 0.154. The summed E-state index contributed by atoms with van der Waals surface area (Å²) in [6.07, 6.45) is 0. The molecule has 4 aromatic rings. The Morgan fingerprint density at radius 2 is 1.62 bits per heavy atom. The average Bonchev–Trinajstić information content (AvgIpc) is 3.25. The predicted octanol–water partition coefficient (Wildman–Crippen LogP) is 4.42. The number of aromatic nitrogens is 3. The lowest BCUT2D eigenvalue weighted by Crippen LogP contribution is -2.42. The van der Waals surface area contributed by atoms with Crippen molar-refractivity contribution < 1.29 is 18.4 Å². The van der Waals surface area contributed by atoms with Crippen molar-refractivity contribution in [1.82, 2.24) is 25.6 Å². The van der Waals surface area contributed by atoms with E-state index in [-0.39, 0.29) is 22.2 Å². The number of thioether (sulfide) groups is 1. The zero-order chi connectivity index (χ0) is 24.1. The molecular weight excluding hydrogens is 484 g/mol. The highest BCUT2D eigenvalue weighted by molar-refractivity contribution is 7.99. The Kier molecular flexibility index (Phi) is 7.19. The molecule has 0 radical (unpaired) electrons. The van der Waals surface area contributed by atoms with E-state index in [0.29, 0.717) is 16.4 Å². The number of amides is 2. The maximum atomic E-state index is 14.7. The molecule has 0 unspecified atom stereocenters. The summed E-state index contributed by atoms with van der Waals surface area (Å²) < 4.78 is 29.1. The van der Waals surface area contributed by atoms with Gasteiger partial charge >= 0.3 is 0 Å². The first-order valence-corrected chi connectivity index (χ1v) is 11.2. The third-order valence-electron chi connectivity index (χ3n) is 4.60. The van der Waals surface area contributed by atoms with Crippen LogP contribution in [0.5, 0.6) is 0 Å². The Bertz CT molecular complexity index is 1350. The van der Waals surface area contributed by atoms with Gasteiger partial charge in [0.25, 0.3) is 5.91 Å². The lowest BCUT2D eigenvalue weighted by atomic mass is 10.2. The standard InChI is InChI=1S/C23H16ClF2N5O2S/c24-17-6-2-1-5-16(17)21-28-30-23(31(21)19-8-4-3-7-18(19)26)34-13-20(32)27-29-22(33)14-9-11-15(25)12-10-14/h1-12H,13H2,(H,27,32)(H,29,33). The lowest BCUT2D eigenvalue weighted by Gasteiger charge is -2.12. The van der Waals surface area contributed by atoms with Gasteiger partial charge < -0.3 is 0 Å². The Labute approximate surface area is 202 Å². The zero-order valence-electron chi connectivity index (χ0n) is 17.3. The first-order valence-electron chi connectivity index (χ1n) is 9.87. The quantitative estimate of drug-likeness (QED) is 0.303. The molecule has 0 fully saturated rings. The van der Waals surface area contributed by atoms with Gasteiger partial charge in [-0.2, -0.15) is 0 Å². The van der Waals surface area contributed by atoms with Crippen LogP contribution in [0.25, 0.3) is 17.1 Å². The van der Waals surface area contributed by atoms with Crippen molar-refractivity contribution in [2.75, 3.05) is 5.75 Å². The summed E-state index contributed by atoms with van der Waals surface area (Å²) in [5.74, 6) is -1.97. The fourth-order valence-corrected chi connectivity index (χ4v) is 3.96. The number of hydrazine groups is 1. The van der Waals surface area contributed by atoms with Crippen LogP contribution in [0.3, 0.4) is 0 Å². The molecule has 1 heterocycles. The van der Waals surface area contributed by atoms with Crippen LogP contribution in [0.2, 0.25) is 5.02 Å². The third-order valence-corrected chi connectivity index (χ3v) is 5.85. The van der Waals surface area contributed by atoms with Crippen LogP contribution in [0.4, 0.5) is 8.78 Å². The number of hydrogen-bond donors (Lipinski definition) is 2. The van der Waals surface area contributed by atoms with Gasteiger partial charge in [-0.05, 0) is 48.5 Å². The summed E-state index contributed by atoms with van der Waals surface area (Å²) >= 11 is 7.31. The number of para-hydroxylation sites is 1. The molecule has 0 aliphatic rings. The molecule has 0 atom stereocenters. The topological polar surface area (TPSA) is 88.9 Å². The molecule has 0 saturated carbocycles. The van der Waals surface area contributed by atoms with Crippen LogP contribution < -0.4 is 10.9 Å². The summed E-state index contributed by atoms with van der Waals surface area (Å²) in [4.78, 5) is 24.4. The number of benzene rings is 3. The molecule has 0 bridgehead atoms. The molecule has 2 amide bonds. The lowest BCUT2D eigenvalue weighted by molar-refractivity contribution is -0.119. The fraction of sp³-hybridized carbons (Fsp3) is 0.0435. The van der Waals surface area contributed by atoms with Gasteiger partial charge in [0.05, 0.1) is 16.5 Å². The van der Waals surface area contributed by atoms with E-state index in [1.54, 1.807) is 42.5 Å². The maximum Gasteiger partial charge on any atom is 0.269 e. The van der Waals surface area contributed by atoms with Crippen molar-refractivity contribution in [3.8, 4) is 17.1 Å². The summed E-state index contributed by atoms with van der Waals surface area (Å²) in [5.41, 5.74) is 5.44. The summed E-state index contributed by atoms with van der Waals surface area (Å²) in [7, 11) is 0. The number of hydrogen-bond acceptors (Lipinski definition) is 5. The molecule has 11 heteroatoms. The van der Waals surface area contributed by atoms with E-state index in [4.69, 9.17) is 11.6 Å². The highest BCUT2D eigenvalue weighted by atomic mass is 35.5. The smallest absolute Gasteiger partial charge is 0.269 e. The van der Waals surface area contributed by atoms with Crippen molar-refractivity contribution >= 4 is 35.2 Å². The van der Waals surface area contributed by atoms with E-state index >= 15 is 0 Å². The number of nitrogens with zero attached hydrogens (tertiary/aromatic N) is 3. The molecule has 34 heavy (non-hydrogen) atoms. The first-order chi connectivity index (χ1) is 16.4. The third kappa shape index (κ3) is 5.24. The molecular formula is C23H16ClF2N5O2S. The summed E-state index contributed by atoms with van der Waals surface area (Å²) in [6.45, 7) is 0. The molecule has 172 valence electrons. The van der Waals surface area contributed by atoms with Crippen LogP contribution in [0, 0.1) is 11.6 Å². The number of carbonyl (C=O) groups excluding carboxylic acids is 2. The van der Waals surface area contributed by atoms with Gasteiger partial charge in [0.1, 0.15) is 11.6 Å². The van der Waals surface area contributed by atoms with Crippen LogP contribution in [-0.2, 0) is 4.79 Å². The number of carbonyl (C=O) groups is 2. The van der Waals surface area contributed by atoms with Gasteiger partial charge in [-0.3, -0.25) is 25.0 Å². The fourth-order valence-electron chi connectivity index (χ4n) is 3.00. The van der Waals surface area contributed by atoms with E-state index in [2.05, 4.69) is 21.0 Å². The number of halogens is 3. The monoisotopic (exact) mass is 499 g/mol. The zero-order valence-corrected chi connectivity index (χ0v) is 18.9. The van der Waals surface area contributed by atoms with Gasteiger partial charge in [0, 0.05) is 11.1 Å². The molecule has 0 aliphatic heterocycles. The van der Waals surface area contributed by atoms with Crippen molar-refractivity contribution in [2.24, 2.45) is 0 Å². The number of nitrogens with one attached hydrogen (secondary N) is 2. The average molecular weight is 500 g/mol. The minimum atomic E-state index is -0.603.